The van der Waals surface area contributed by atoms with Gasteiger partial charge in [0.15, 0.2) is 0 Å². The van der Waals surface area contributed by atoms with E-state index in [1.54, 1.807) is 0 Å². The molecule has 0 bridgehead atoms. The molecule has 0 aliphatic carbocycles. The van der Waals surface area contributed by atoms with Crippen molar-refractivity contribution in [1.29, 1.82) is 0 Å². The fourth-order valence-electron chi connectivity index (χ4n) is 1.12. The normalized spacial score (nSPS) is 13.1. The van der Waals surface area contributed by atoms with Gasteiger partial charge in [-0.15, -0.1) is 15.2 Å². The van der Waals surface area contributed by atoms with Crippen molar-refractivity contribution >= 4 is 23.0 Å². The maximum atomic E-state index is 2.56. The standard InChI is InChI=1S/C7H21Si3.Li/c1-8(9(2,3)4)10(5,6)7;/h1-7H3;/q-1;+1. The van der Waals surface area contributed by atoms with Gasteiger partial charge in [0.2, 0.25) is 0 Å². The van der Waals surface area contributed by atoms with Crippen molar-refractivity contribution < 1.29 is 18.9 Å². The summed E-state index contributed by atoms with van der Waals surface area (Å²) in [4.78, 5) is 0. The van der Waals surface area contributed by atoms with Crippen molar-refractivity contribution in [3.8, 4) is 0 Å². The predicted octanol–water partition coefficient (Wildman–Crippen LogP) is -0.0518. The molecule has 0 radical (unpaired) electrons. The first-order valence-electron chi connectivity index (χ1n) is 4.00. The number of rotatable bonds is 2. The van der Waals surface area contributed by atoms with Gasteiger partial charge in [-0.25, -0.2) is 0 Å². The second kappa shape index (κ2) is 4.47. The van der Waals surface area contributed by atoms with E-state index in [1.807, 2.05) is 0 Å². The predicted molar refractivity (Wildman–Crippen MR) is 58.3 cm³/mol. The third-order valence-electron chi connectivity index (χ3n) is 2.25. The van der Waals surface area contributed by atoms with Gasteiger partial charge in [0.1, 0.15) is 0 Å². The Balaban J connectivity index is 0. The first kappa shape index (κ1) is 14.8. The molecule has 62 valence electrons. The molecule has 0 spiro atoms. The maximum absolute atomic E-state index is 2.56. The SMILES string of the molecule is C[Si-]([Si](C)(C)C)[Si](C)(C)C.[Li+]. The van der Waals surface area contributed by atoms with E-state index >= 15 is 0 Å². The monoisotopic (exact) mass is 196 g/mol. The van der Waals surface area contributed by atoms with Crippen LogP contribution in [0.25, 0.3) is 0 Å². The second-order valence-electron chi connectivity index (χ2n) is 5.12. The number of hydrogen-bond acceptors (Lipinski definition) is 0. The van der Waals surface area contributed by atoms with Gasteiger partial charge < -0.3 is 0 Å². The van der Waals surface area contributed by atoms with Gasteiger partial charge in [0, 0.05) is 0 Å². The Bertz CT molecular complexity index is 97.8. The maximum Gasteiger partial charge on any atom is 1.00 e. The van der Waals surface area contributed by atoms with Crippen LogP contribution in [0, 0.1) is 0 Å². The molecular formula is C7H21LiSi3. The molecule has 11 heavy (non-hydrogen) atoms. The van der Waals surface area contributed by atoms with Gasteiger partial charge in [-0.3, -0.25) is 7.83 Å². The van der Waals surface area contributed by atoms with Crippen LogP contribution >= 0.6 is 0 Å². The summed E-state index contributed by atoms with van der Waals surface area (Å²) in [6.07, 6.45) is 0. The minimum absolute atomic E-state index is 0. The summed E-state index contributed by atoms with van der Waals surface area (Å²) in [7, 11) is -1.41. The zero-order chi connectivity index (χ0) is 8.58. The molecule has 0 heterocycles. The van der Waals surface area contributed by atoms with Crippen LogP contribution in [-0.4, -0.2) is 23.0 Å². The molecule has 0 saturated heterocycles. The molecule has 0 unspecified atom stereocenters. The third-order valence-corrected chi connectivity index (χ3v) is 33.8. The minimum Gasteiger partial charge on any atom is -0.258 e. The summed E-state index contributed by atoms with van der Waals surface area (Å²) in [5.41, 5.74) is 0. The smallest absolute Gasteiger partial charge is 0.258 e. The van der Waals surface area contributed by atoms with Gasteiger partial charge in [-0.1, -0.05) is 39.3 Å². The van der Waals surface area contributed by atoms with Crippen molar-refractivity contribution in [3.05, 3.63) is 0 Å². The van der Waals surface area contributed by atoms with Crippen molar-refractivity contribution in [2.75, 3.05) is 0 Å². The Morgan fingerprint density at radius 3 is 0.909 bits per heavy atom. The van der Waals surface area contributed by atoms with Crippen LogP contribution < -0.4 is 18.9 Å². The van der Waals surface area contributed by atoms with Crippen LogP contribution in [0.3, 0.4) is 0 Å². The molecule has 0 nitrogen and oxygen atoms in total. The van der Waals surface area contributed by atoms with Crippen LogP contribution in [0.4, 0.5) is 0 Å². The first-order valence-corrected chi connectivity index (χ1v) is 15.0. The van der Waals surface area contributed by atoms with Gasteiger partial charge in [-0.05, 0) is 0 Å². The topological polar surface area (TPSA) is 0 Å². The molecule has 0 saturated carbocycles. The van der Waals surface area contributed by atoms with E-state index in [2.05, 4.69) is 45.8 Å². The van der Waals surface area contributed by atoms with Crippen molar-refractivity contribution in [2.24, 2.45) is 0 Å². The summed E-state index contributed by atoms with van der Waals surface area (Å²) in [5.74, 6) is 0. The second-order valence-corrected chi connectivity index (χ2v) is 30.4. The van der Waals surface area contributed by atoms with E-state index in [0.29, 0.717) is 0 Å². The van der Waals surface area contributed by atoms with Gasteiger partial charge >= 0.3 is 18.9 Å². The van der Waals surface area contributed by atoms with Crippen molar-refractivity contribution in [1.82, 2.24) is 0 Å². The Morgan fingerprint density at radius 2 is 0.909 bits per heavy atom. The van der Waals surface area contributed by atoms with Crippen LogP contribution in [-0.2, 0) is 0 Å². The van der Waals surface area contributed by atoms with Crippen LogP contribution in [0.2, 0.25) is 45.8 Å². The van der Waals surface area contributed by atoms with Gasteiger partial charge in [0.25, 0.3) is 0 Å². The molecule has 0 aromatic heterocycles. The van der Waals surface area contributed by atoms with Crippen LogP contribution in [0.5, 0.6) is 0 Å². The Labute approximate surface area is 87.5 Å². The van der Waals surface area contributed by atoms with Crippen molar-refractivity contribution in [3.63, 3.8) is 0 Å². The molecule has 0 rings (SSSR count). The number of hydrogen-bond donors (Lipinski definition) is 0. The van der Waals surface area contributed by atoms with Gasteiger partial charge in [0.05, 0.1) is 0 Å². The molecule has 4 heteroatoms. The molecule has 0 aromatic rings. The van der Waals surface area contributed by atoms with Crippen LogP contribution in [0.1, 0.15) is 0 Å². The summed E-state index contributed by atoms with van der Waals surface area (Å²) in [6, 6.07) is 0. The largest absolute Gasteiger partial charge is 1.00 e. The molecular weight excluding hydrogens is 175 g/mol. The average molecular weight is 196 g/mol. The fraction of sp³-hybridized carbons (Fsp3) is 1.00. The molecule has 0 amide bonds. The molecule has 0 fully saturated rings. The quantitative estimate of drug-likeness (QED) is 0.543. The Hall–Kier alpha value is 1.25. The summed E-state index contributed by atoms with van der Waals surface area (Å²) < 4.78 is 0. The molecule has 0 N–H and O–H groups in total. The fourth-order valence-corrected chi connectivity index (χ4v) is 30.4. The zero-order valence-corrected chi connectivity index (χ0v) is 12.5. The molecule has 0 aliphatic rings. The Morgan fingerprint density at radius 1 is 0.727 bits per heavy atom. The zero-order valence-electron chi connectivity index (χ0n) is 9.50. The first-order chi connectivity index (χ1) is 4.15. The van der Waals surface area contributed by atoms with E-state index in [-0.39, 0.29) is 26.7 Å². The minimum atomic E-state index is -0.732. The Kier molecular flexibility index (Phi) is 6.00. The van der Waals surface area contributed by atoms with E-state index in [4.69, 9.17) is 0 Å². The summed E-state index contributed by atoms with van der Waals surface area (Å²) in [5, 5.41) is 0. The average Bonchev–Trinajstić information content (AvgIpc) is 1.59. The van der Waals surface area contributed by atoms with E-state index in [0.717, 1.165) is 0 Å². The summed E-state index contributed by atoms with van der Waals surface area (Å²) >= 11 is 0. The molecule has 0 aromatic carbocycles. The van der Waals surface area contributed by atoms with E-state index < -0.39 is 15.2 Å². The van der Waals surface area contributed by atoms with Crippen molar-refractivity contribution in [2.45, 2.75) is 45.8 Å². The van der Waals surface area contributed by atoms with E-state index in [1.165, 1.54) is 0 Å². The molecule has 0 aliphatic heterocycles. The third kappa shape index (κ3) is 5.48. The summed E-state index contributed by atoms with van der Waals surface area (Å²) in [6.45, 7) is 17.7. The van der Waals surface area contributed by atoms with Gasteiger partial charge in [-0.2, -0.15) is 6.55 Å². The molecule has 0 atom stereocenters. The van der Waals surface area contributed by atoms with E-state index in [9.17, 15) is 0 Å². The van der Waals surface area contributed by atoms with Crippen LogP contribution in [0.15, 0.2) is 0 Å².